The zero-order valence-electron chi connectivity index (χ0n) is 9.13. The molecule has 6 heteroatoms. The maximum absolute atomic E-state index is 10.7. The first-order valence-corrected chi connectivity index (χ1v) is 5.42. The van der Waals surface area contributed by atoms with Gasteiger partial charge in [-0.2, -0.15) is 0 Å². The van der Waals surface area contributed by atoms with Crippen molar-refractivity contribution in [1.29, 1.82) is 0 Å². The quantitative estimate of drug-likeness (QED) is 0.778. The number of aliphatic hydroxyl groups is 1. The minimum atomic E-state index is -1.13. The molecule has 0 aromatic carbocycles. The molecule has 1 fully saturated rings. The lowest BCUT2D eigenvalue weighted by molar-refractivity contribution is -0.121. The van der Waals surface area contributed by atoms with Crippen molar-refractivity contribution < 1.29 is 15.0 Å². The third-order valence-corrected chi connectivity index (χ3v) is 3.33. The molecule has 0 spiro atoms. The third-order valence-electron chi connectivity index (χ3n) is 3.33. The van der Waals surface area contributed by atoms with E-state index < -0.39 is 11.7 Å². The van der Waals surface area contributed by atoms with Crippen LogP contribution in [0.3, 0.4) is 0 Å². The first kappa shape index (κ1) is 11.1. The topological polar surface area (TPSA) is 88.2 Å². The Balaban J connectivity index is 2.30. The number of hydrogen-bond donors (Lipinski definition) is 2. The summed E-state index contributed by atoms with van der Waals surface area (Å²) < 4.78 is 1.29. The highest BCUT2D eigenvalue weighted by Crippen LogP contribution is 2.36. The number of aromatic carboxylic acids is 1. The van der Waals surface area contributed by atoms with Crippen molar-refractivity contribution in [2.24, 2.45) is 5.92 Å². The molecule has 1 aliphatic carbocycles. The van der Waals surface area contributed by atoms with Crippen LogP contribution in [0.1, 0.15) is 43.1 Å². The van der Waals surface area contributed by atoms with Gasteiger partial charge in [0.2, 0.25) is 0 Å². The van der Waals surface area contributed by atoms with Gasteiger partial charge >= 0.3 is 5.97 Å². The monoisotopic (exact) mass is 225 g/mol. The standard InChI is InChI=1S/C10H15N3O3/c1-7-4-2-3-5-10(7,16)13-6-8(9(14)15)11-12-13/h6-7,16H,2-5H2,1H3,(H,14,15)/t7-,10-/m1/s1. The van der Waals surface area contributed by atoms with Gasteiger partial charge in [-0.05, 0) is 19.3 Å². The Labute approximate surface area is 92.9 Å². The van der Waals surface area contributed by atoms with Crippen molar-refractivity contribution >= 4 is 5.97 Å². The van der Waals surface area contributed by atoms with Crippen LogP contribution in [-0.2, 0) is 5.72 Å². The Morgan fingerprint density at radius 1 is 1.62 bits per heavy atom. The molecule has 1 aromatic rings. The smallest absolute Gasteiger partial charge is 0.358 e. The van der Waals surface area contributed by atoms with E-state index in [-0.39, 0.29) is 11.6 Å². The van der Waals surface area contributed by atoms with Crippen LogP contribution in [-0.4, -0.2) is 31.2 Å². The minimum absolute atomic E-state index is 0.0598. The first-order chi connectivity index (χ1) is 7.54. The molecule has 0 radical (unpaired) electrons. The van der Waals surface area contributed by atoms with Gasteiger partial charge in [-0.1, -0.05) is 18.6 Å². The second-order valence-electron chi connectivity index (χ2n) is 4.38. The molecular formula is C10H15N3O3. The van der Waals surface area contributed by atoms with E-state index in [9.17, 15) is 9.90 Å². The highest BCUT2D eigenvalue weighted by molar-refractivity contribution is 5.84. The number of hydrogen-bond acceptors (Lipinski definition) is 4. The molecule has 2 rings (SSSR count). The highest BCUT2D eigenvalue weighted by atomic mass is 16.4. The maximum atomic E-state index is 10.7. The van der Waals surface area contributed by atoms with Gasteiger partial charge in [0, 0.05) is 5.92 Å². The molecule has 2 atom stereocenters. The van der Waals surface area contributed by atoms with Gasteiger partial charge in [-0.15, -0.1) is 5.10 Å². The summed E-state index contributed by atoms with van der Waals surface area (Å²) in [6.45, 7) is 1.95. The summed E-state index contributed by atoms with van der Waals surface area (Å²) >= 11 is 0. The van der Waals surface area contributed by atoms with Crippen molar-refractivity contribution in [3.05, 3.63) is 11.9 Å². The van der Waals surface area contributed by atoms with Gasteiger partial charge in [0.1, 0.15) is 0 Å². The van der Waals surface area contributed by atoms with E-state index in [1.165, 1.54) is 10.9 Å². The van der Waals surface area contributed by atoms with E-state index in [1.807, 2.05) is 6.92 Å². The van der Waals surface area contributed by atoms with Gasteiger partial charge in [-0.3, -0.25) is 0 Å². The number of rotatable bonds is 2. The molecule has 0 unspecified atom stereocenters. The molecule has 1 heterocycles. The first-order valence-electron chi connectivity index (χ1n) is 5.42. The number of aromatic nitrogens is 3. The van der Waals surface area contributed by atoms with Gasteiger partial charge < -0.3 is 10.2 Å². The van der Waals surface area contributed by atoms with E-state index in [0.717, 1.165) is 19.3 Å². The largest absolute Gasteiger partial charge is 0.476 e. The third kappa shape index (κ3) is 1.69. The Kier molecular flexibility index (Phi) is 2.67. The highest BCUT2D eigenvalue weighted by Gasteiger charge is 2.39. The summed E-state index contributed by atoms with van der Waals surface area (Å²) in [4.78, 5) is 10.7. The Morgan fingerprint density at radius 2 is 2.38 bits per heavy atom. The number of carboxylic acid groups (broad SMARTS) is 1. The predicted octanol–water partition coefficient (Wildman–Crippen LogP) is 0.831. The molecule has 2 N–H and O–H groups in total. The van der Waals surface area contributed by atoms with Crippen LogP contribution in [0.15, 0.2) is 6.20 Å². The second kappa shape index (κ2) is 3.86. The average Bonchev–Trinajstić information content (AvgIpc) is 2.72. The van der Waals surface area contributed by atoms with Crippen molar-refractivity contribution in [3.63, 3.8) is 0 Å². The van der Waals surface area contributed by atoms with E-state index in [1.54, 1.807) is 0 Å². The summed E-state index contributed by atoms with van der Waals surface area (Å²) in [5, 5.41) is 26.5. The summed E-state index contributed by atoms with van der Waals surface area (Å²) in [6, 6.07) is 0. The Bertz CT molecular complexity index is 404. The molecule has 88 valence electrons. The molecule has 6 nitrogen and oxygen atoms in total. The average molecular weight is 225 g/mol. The Morgan fingerprint density at radius 3 is 2.94 bits per heavy atom. The van der Waals surface area contributed by atoms with Gasteiger partial charge in [0.05, 0.1) is 6.20 Å². The maximum Gasteiger partial charge on any atom is 0.358 e. The van der Waals surface area contributed by atoms with Crippen molar-refractivity contribution in [3.8, 4) is 0 Å². The second-order valence-corrected chi connectivity index (χ2v) is 4.38. The van der Waals surface area contributed by atoms with Crippen LogP contribution in [0.25, 0.3) is 0 Å². The minimum Gasteiger partial charge on any atom is -0.476 e. The van der Waals surface area contributed by atoms with Gasteiger partial charge in [-0.25, -0.2) is 9.48 Å². The van der Waals surface area contributed by atoms with Crippen LogP contribution < -0.4 is 0 Å². The van der Waals surface area contributed by atoms with Crippen LogP contribution >= 0.6 is 0 Å². The fraction of sp³-hybridized carbons (Fsp3) is 0.700. The molecule has 0 bridgehead atoms. The summed E-state index contributed by atoms with van der Waals surface area (Å²) in [5.41, 5.74) is -1.22. The molecular weight excluding hydrogens is 210 g/mol. The van der Waals surface area contributed by atoms with E-state index >= 15 is 0 Å². The molecule has 16 heavy (non-hydrogen) atoms. The number of carboxylic acids is 1. The number of nitrogens with zero attached hydrogens (tertiary/aromatic N) is 3. The van der Waals surface area contributed by atoms with Crippen molar-refractivity contribution in [1.82, 2.24) is 15.0 Å². The molecule has 1 aliphatic rings. The number of carbonyl (C=O) groups is 1. The van der Waals surface area contributed by atoms with Crippen LogP contribution in [0.2, 0.25) is 0 Å². The van der Waals surface area contributed by atoms with Crippen molar-refractivity contribution in [2.45, 2.75) is 38.3 Å². The normalized spacial score (nSPS) is 30.2. The van der Waals surface area contributed by atoms with Gasteiger partial charge in [0.15, 0.2) is 11.4 Å². The molecule has 0 aliphatic heterocycles. The van der Waals surface area contributed by atoms with Crippen LogP contribution in [0.5, 0.6) is 0 Å². The molecule has 0 saturated heterocycles. The fourth-order valence-corrected chi connectivity index (χ4v) is 2.20. The summed E-state index contributed by atoms with van der Waals surface area (Å²) in [5.74, 6) is -1.07. The van der Waals surface area contributed by atoms with E-state index in [2.05, 4.69) is 10.3 Å². The Hall–Kier alpha value is -1.43. The SMILES string of the molecule is C[C@@H]1CCCC[C@]1(O)n1cc(C(=O)O)nn1. The lowest BCUT2D eigenvalue weighted by atomic mass is 9.82. The lowest BCUT2D eigenvalue weighted by Gasteiger charge is -2.37. The summed E-state index contributed by atoms with van der Waals surface area (Å²) in [7, 11) is 0. The zero-order valence-corrected chi connectivity index (χ0v) is 9.13. The molecule has 1 aromatic heterocycles. The van der Waals surface area contributed by atoms with Crippen LogP contribution in [0, 0.1) is 5.92 Å². The molecule has 1 saturated carbocycles. The molecule has 0 amide bonds. The van der Waals surface area contributed by atoms with E-state index in [0.29, 0.717) is 6.42 Å². The lowest BCUT2D eigenvalue weighted by Crippen LogP contribution is -2.42. The van der Waals surface area contributed by atoms with Gasteiger partial charge in [0.25, 0.3) is 0 Å². The summed E-state index contributed by atoms with van der Waals surface area (Å²) in [6.07, 6.45) is 4.81. The van der Waals surface area contributed by atoms with Crippen molar-refractivity contribution in [2.75, 3.05) is 0 Å². The zero-order chi connectivity index (χ0) is 11.8. The van der Waals surface area contributed by atoms with E-state index in [4.69, 9.17) is 5.11 Å². The fourth-order valence-electron chi connectivity index (χ4n) is 2.20. The van der Waals surface area contributed by atoms with Crippen LogP contribution in [0.4, 0.5) is 0 Å². The predicted molar refractivity (Wildman–Crippen MR) is 54.8 cm³/mol.